The molecule has 0 aromatic rings. The SMILES string of the molecule is CCCCC/C=C\C/C=C\C/C=C\CCCCCCCCC(=O)OC(COC(=O)CCCCCCCCCC)COC(=O)CCCCCCCCCCC/C=C\CCCCCCCCCC. The third kappa shape index (κ3) is 52.3. The van der Waals surface area contributed by atoms with Gasteiger partial charge >= 0.3 is 17.9 Å². The van der Waals surface area contributed by atoms with Crippen molar-refractivity contribution < 1.29 is 28.6 Å². The Labute approximate surface area is 409 Å². The highest BCUT2D eigenvalue weighted by atomic mass is 16.6. The van der Waals surface area contributed by atoms with Crippen LogP contribution in [0, 0.1) is 0 Å². The summed E-state index contributed by atoms with van der Waals surface area (Å²) in [5.74, 6) is -0.885. The zero-order valence-corrected chi connectivity index (χ0v) is 44.0. The van der Waals surface area contributed by atoms with Crippen molar-refractivity contribution in [1.29, 1.82) is 0 Å². The van der Waals surface area contributed by atoms with E-state index in [4.69, 9.17) is 14.2 Å². The van der Waals surface area contributed by atoms with Crippen LogP contribution < -0.4 is 0 Å². The van der Waals surface area contributed by atoms with Gasteiger partial charge in [-0.3, -0.25) is 14.4 Å². The summed E-state index contributed by atoms with van der Waals surface area (Å²) in [5, 5.41) is 0. The average molecular weight is 926 g/mol. The lowest BCUT2D eigenvalue weighted by Crippen LogP contribution is -2.30. The van der Waals surface area contributed by atoms with Gasteiger partial charge in [0.25, 0.3) is 0 Å². The van der Waals surface area contributed by atoms with Gasteiger partial charge in [-0.2, -0.15) is 0 Å². The van der Waals surface area contributed by atoms with Gasteiger partial charge in [0.1, 0.15) is 13.2 Å². The van der Waals surface area contributed by atoms with Gasteiger partial charge in [-0.1, -0.05) is 243 Å². The molecule has 0 saturated carbocycles. The topological polar surface area (TPSA) is 78.9 Å². The normalized spacial score (nSPS) is 12.3. The Hall–Kier alpha value is -2.63. The molecule has 0 saturated heterocycles. The molecule has 0 fully saturated rings. The first-order valence-corrected chi connectivity index (χ1v) is 28.6. The molecular weight excluding hydrogens is 817 g/mol. The van der Waals surface area contributed by atoms with E-state index >= 15 is 0 Å². The van der Waals surface area contributed by atoms with Crippen molar-refractivity contribution in [2.45, 2.75) is 303 Å². The Morgan fingerprint density at radius 3 is 0.894 bits per heavy atom. The van der Waals surface area contributed by atoms with Crippen LogP contribution in [-0.4, -0.2) is 37.2 Å². The van der Waals surface area contributed by atoms with E-state index in [9.17, 15) is 14.4 Å². The van der Waals surface area contributed by atoms with Gasteiger partial charge in [-0.25, -0.2) is 0 Å². The molecule has 0 spiro atoms. The maximum absolute atomic E-state index is 12.8. The Balaban J connectivity index is 4.25. The minimum absolute atomic E-state index is 0.0772. The summed E-state index contributed by atoms with van der Waals surface area (Å²) in [7, 11) is 0. The van der Waals surface area contributed by atoms with Crippen molar-refractivity contribution in [3.63, 3.8) is 0 Å². The van der Waals surface area contributed by atoms with Crippen molar-refractivity contribution in [1.82, 2.24) is 0 Å². The third-order valence-electron chi connectivity index (χ3n) is 12.6. The van der Waals surface area contributed by atoms with Crippen molar-refractivity contribution in [3.8, 4) is 0 Å². The molecule has 0 aliphatic carbocycles. The van der Waals surface area contributed by atoms with Gasteiger partial charge in [0.15, 0.2) is 6.10 Å². The van der Waals surface area contributed by atoms with Crippen LogP contribution in [0.25, 0.3) is 0 Å². The lowest BCUT2D eigenvalue weighted by molar-refractivity contribution is -0.167. The molecule has 384 valence electrons. The molecule has 0 bridgehead atoms. The maximum atomic E-state index is 12.8. The summed E-state index contributed by atoms with van der Waals surface area (Å²) in [5.41, 5.74) is 0. The minimum Gasteiger partial charge on any atom is -0.462 e. The van der Waals surface area contributed by atoms with E-state index in [2.05, 4.69) is 69.4 Å². The number of unbranched alkanes of at least 4 members (excludes halogenated alkanes) is 33. The Morgan fingerprint density at radius 1 is 0.303 bits per heavy atom. The molecule has 0 aliphatic rings. The third-order valence-corrected chi connectivity index (χ3v) is 12.6. The zero-order chi connectivity index (χ0) is 47.9. The lowest BCUT2D eigenvalue weighted by atomic mass is 10.1. The molecule has 6 nitrogen and oxygen atoms in total. The summed E-state index contributed by atoms with van der Waals surface area (Å²) in [6, 6.07) is 0. The molecule has 0 aromatic carbocycles. The molecule has 0 heterocycles. The highest BCUT2D eigenvalue weighted by Gasteiger charge is 2.19. The van der Waals surface area contributed by atoms with Gasteiger partial charge in [0.2, 0.25) is 0 Å². The molecule has 0 N–H and O–H groups in total. The molecule has 0 rings (SSSR count). The number of hydrogen-bond acceptors (Lipinski definition) is 6. The summed E-state index contributed by atoms with van der Waals surface area (Å²) in [6.45, 7) is 6.60. The first-order chi connectivity index (χ1) is 32.5. The molecule has 0 amide bonds. The van der Waals surface area contributed by atoms with Crippen LogP contribution in [0.5, 0.6) is 0 Å². The van der Waals surface area contributed by atoms with Gasteiger partial charge in [0, 0.05) is 19.3 Å². The largest absolute Gasteiger partial charge is 0.462 e. The fraction of sp³-hybridized carbons (Fsp3) is 0.817. The predicted octanol–water partition coefficient (Wildman–Crippen LogP) is 19.0. The minimum atomic E-state index is -0.777. The van der Waals surface area contributed by atoms with Gasteiger partial charge in [-0.15, -0.1) is 0 Å². The Kier molecular flexibility index (Phi) is 52.8. The van der Waals surface area contributed by atoms with Crippen LogP contribution in [0.1, 0.15) is 297 Å². The second-order valence-corrected chi connectivity index (χ2v) is 19.2. The van der Waals surface area contributed by atoms with Gasteiger partial charge < -0.3 is 14.2 Å². The monoisotopic (exact) mass is 925 g/mol. The maximum Gasteiger partial charge on any atom is 0.306 e. The molecule has 1 unspecified atom stereocenters. The lowest BCUT2D eigenvalue weighted by Gasteiger charge is -2.18. The molecule has 0 aliphatic heterocycles. The number of hydrogen-bond donors (Lipinski definition) is 0. The summed E-state index contributed by atoms with van der Waals surface area (Å²) in [4.78, 5) is 38.0. The predicted molar refractivity (Wildman–Crippen MR) is 284 cm³/mol. The number of carbonyl (C=O) groups excluding carboxylic acids is 3. The standard InChI is InChI=1S/C60H108O6/c1-4-7-10-13-16-19-21-23-25-27-29-30-32-33-35-37-39-41-44-47-50-53-59(62)65-56-57(55-64-58(61)52-49-46-43-18-15-12-9-6-3)66-60(63)54-51-48-45-42-40-38-36-34-31-28-26-24-22-20-17-14-11-8-5-2/h17,20,24,26-27,29,31,34,57H,4-16,18-19,21-23,25,28,30,32-33,35-56H2,1-3H3/b20-17-,26-24-,29-27-,34-31-. The van der Waals surface area contributed by atoms with E-state index in [1.165, 1.54) is 180 Å². The smallest absolute Gasteiger partial charge is 0.306 e. The van der Waals surface area contributed by atoms with Gasteiger partial charge in [-0.05, 0) is 83.5 Å². The van der Waals surface area contributed by atoms with E-state index in [-0.39, 0.29) is 31.1 Å². The van der Waals surface area contributed by atoms with Crippen molar-refractivity contribution in [2.24, 2.45) is 0 Å². The molecular formula is C60H108O6. The quantitative estimate of drug-likeness (QED) is 0.0262. The van der Waals surface area contributed by atoms with Crippen LogP contribution in [0.3, 0.4) is 0 Å². The highest BCUT2D eigenvalue weighted by molar-refractivity contribution is 5.71. The summed E-state index contributed by atoms with van der Waals surface area (Å²) in [6.07, 6.45) is 66.8. The molecule has 0 aromatic heterocycles. The van der Waals surface area contributed by atoms with E-state index in [1.54, 1.807) is 0 Å². The Bertz CT molecular complexity index is 1150. The first kappa shape index (κ1) is 63.4. The number of rotatable bonds is 52. The highest BCUT2D eigenvalue weighted by Crippen LogP contribution is 2.15. The number of allylic oxidation sites excluding steroid dienone is 8. The molecule has 1 atom stereocenters. The molecule has 6 heteroatoms. The van der Waals surface area contributed by atoms with Crippen LogP contribution in [-0.2, 0) is 28.6 Å². The first-order valence-electron chi connectivity index (χ1n) is 28.6. The van der Waals surface area contributed by atoms with E-state index in [0.29, 0.717) is 19.3 Å². The van der Waals surface area contributed by atoms with E-state index < -0.39 is 6.10 Å². The average Bonchev–Trinajstić information content (AvgIpc) is 3.31. The second-order valence-electron chi connectivity index (χ2n) is 19.2. The second kappa shape index (κ2) is 55.0. The van der Waals surface area contributed by atoms with Crippen molar-refractivity contribution >= 4 is 17.9 Å². The van der Waals surface area contributed by atoms with Crippen LogP contribution in [0.15, 0.2) is 48.6 Å². The van der Waals surface area contributed by atoms with Crippen molar-refractivity contribution in [2.75, 3.05) is 13.2 Å². The zero-order valence-electron chi connectivity index (χ0n) is 44.0. The molecule has 0 radical (unpaired) electrons. The van der Waals surface area contributed by atoms with Crippen molar-refractivity contribution in [3.05, 3.63) is 48.6 Å². The summed E-state index contributed by atoms with van der Waals surface area (Å²) >= 11 is 0. The van der Waals surface area contributed by atoms with Crippen LogP contribution >= 0.6 is 0 Å². The fourth-order valence-electron chi connectivity index (χ4n) is 8.21. The number of esters is 3. The van der Waals surface area contributed by atoms with Gasteiger partial charge in [0.05, 0.1) is 0 Å². The molecule has 66 heavy (non-hydrogen) atoms. The number of ether oxygens (including phenoxy) is 3. The van der Waals surface area contributed by atoms with E-state index in [1.807, 2.05) is 0 Å². The van der Waals surface area contributed by atoms with E-state index in [0.717, 1.165) is 77.0 Å². The van der Waals surface area contributed by atoms with Crippen LogP contribution in [0.2, 0.25) is 0 Å². The Morgan fingerprint density at radius 2 is 0.545 bits per heavy atom. The number of carbonyl (C=O) groups is 3. The summed E-state index contributed by atoms with van der Waals surface area (Å²) < 4.78 is 16.8. The fourth-order valence-corrected chi connectivity index (χ4v) is 8.21. The van der Waals surface area contributed by atoms with Crippen LogP contribution in [0.4, 0.5) is 0 Å².